The molecule has 104 valence electrons. The Balaban J connectivity index is 2.77. The number of carbonyl (C=O) groups excluding carboxylic acids is 2. The van der Waals surface area contributed by atoms with Gasteiger partial charge < -0.3 is 15.7 Å². The highest BCUT2D eigenvalue weighted by atomic mass is 16.3. The summed E-state index contributed by atoms with van der Waals surface area (Å²) in [6.07, 6.45) is 0. The molecule has 0 unspecified atom stereocenters. The zero-order valence-corrected chi connectivity index (χ0v) is 11.5. The Kier molecular flexibility index (Phi) is 5.06. The minimum Gasteiger partial charge on any atom is -0.395 e. The van der Waals surface area contributed by atoms with E-state index >= 15 is 0 Å². The highest BCUT2D eigenvalue weighted by Gasteiger charge is 2.21. The standard InChI is InChI=1S/C14H20N2O3/c1-14(2,3)13(19)16-11-6-4-5-10(9-11)12(18)15-7-8-17/h4-6,9,17H,7-8H2,1-3H3,(H,15,18)(H,16,19). The highest BCUT2D eigenvalue weighted by molar-refractivity contribution is 5.98. The van der Waals surface area contributed by atoms with Gasteiger partial charge in [0.2, 0.25) is 5.91 Å². The number of amides is 2. The van der Waals surface area contributed by atoms with Crippen molar-refractivity contribution < 1.29 is 14.7 Å². The molecule has 1 aromatic rings. The fourth-order valence-corrected chi connectivity index (χ4v) is 1.33. The fourth-order valence-electron chi connectivity index (χ4n) is 1.33. The molecule has 5 nitrogen and oxygen atoms in total. The van der Waals surface area contributed by atoms with Crippen molar-refractivity contribution in [2.24, 2.45) is 5.41 Å². The number of rotatable bonds is 4. The van der Waals surface area contributed by atoms with E-state index in [-0.39, 0.29) is 25.0 Å². The number of carbonyl (C=O) groups is 2. The number of aliphatic hydroxyl groups excluding tert-OH is 1. The third-order valence-electron chi connectivity index (χ3n) is 2.46. The van der Waals surface area contributed by atoms with E-state index in [0.717, 1.165) is 0 Å². The van der Waals surface area contributed by atoms with Crippen LogP contribution in [0.3, 0.4) is 0 Å². The molecule has 0 atom stereocenters. The highest BCUT2D eigenvalue weighted by Crippen LogP contribution is 2.18. The first-order valence-corrected chi connectivity index (χ1v) is 6.15. The minimum absolute atomic E-state index is 0.105. The Hall–Kier alpha value is -1.88. The van der Waals surface area contributed by atoms with Gasteiger partial charge in [0.15, 0.2) is 0 Å². The largest absolute Gasteiger partial charge is 0.395 e. The Morgan fingerprint density at radius 1 is 1.26 bits per heavy atom. The third-order valence-corrected chi connectivity index (χ3v) is 2.46. The predicted molar refractivity (Wildman–Crippen MR) is 73.9 cm³/mol. The molecule has 0 aliphatic heterocycles. The normalized spacial score (nSPS) is 10.9. The van der Waals surface area contributed by atoms with Gasteiger partial charge >= 0.3 is 0 Å². The summed E-state index contributed by atoms with van der Waals surface area (Å²) < 4.78 is 0. The second-order valence-corrected chi connectivity index (χ2v) is 5.26. The molecule has 0 aliphatic rings. The number of hydrogen-bond acceptors (Lipinski definition) is 3. The zero-order chi connectivity index (χ0) is 14.5. The van der Waals surface area contributed by atoms with Crippen LogP contribution in [0.4, 0.5) is 5.69 Å². The van der Waals surface area contributed by atoms with E-state index in [1.807, 2.05) is 20.8 Å². The first-order valence-electron chi connectivity index (χ1n) is 6.15. The molecule has 0 fully saturated rings. The maximum absolute atomic E-state index is 11.8. The lowest BCUT2D eigenvalue weighted by molar-refractivity contribution is -0.123. The van der Waals surface area contributed by atoms with Crippen molar-refractivity contribution in [3.05, 3.63) is 29.8 Å². The summed E-state index contributed by atoms with van der Waals surface area (Å²) in [7, 11) is 0. The van der Waals surface area contributed by atoms with Crippen LogP contribution in [0.15, 0.2) is 24.3 Å². The number of nitrogens with one attached hydrogen (secondary N) is 2. The van der Waals surface area contributed by atoms with Crippen LogP contribution in [0, 0.1) is 5.41 Å². The summed E-state index contributed by atoms with van der Waals surface area (Å²) in [5, 5.41) is 14.0. The van der Waals surface area contributed by atoms with Gasteiger partial charge in [0, 0.05) is 23.2 Å². The molecule has 0 radical (unpaired) electrons. The maximum Gasteiger partial charge on any atom is 0.251 e. The molecular formula is C14H20N2O3. The molecule has 0 saturated heterocycles. The molecule has 19 heavy (non-hydrogen) atoms. The molecule has 0 spiro atoms. The minimum atomic E-state index is -0.491. The van der Waals surface area contributed by atoms with Crippen LogP contribution in [-0.4, -0.2) is 30.1 Å². The Morgan fingerprint density at radius 2 is 1.95 bits per heavy atom. The molecule has 1 rings (SSSR count). The van der Waals surface area contributed by atoms with Crippen LogP contribution >= 0.6 is 0 Å². The number of hydrogen-bond donors (Lipinski definition) is 3. The van der Waals surface area contributed by atoms with Crippen LogP contribution in [0.2, 0.25) is 0 Å². The Morgan fingerprint density at radius 3 is 2.53 bits per heavy atom. The van der Waals surface area contributed by atoms with Crippen LogP contribution in [-0.2, 0) is 4.79 Å². The van der Waals surface area contributed by atoms with Gasteiger partial charge in [-0.1, -0.05) is 26.8 Å². The van der Waals surface area contributed by atoms with Crippen LogP contribution in [0.25, 0.3) is 0 Å². The van der Waals surface area contributed by atoms with Gasteiger partial charge in [0.1, 0.15) is 0 Å². The van der Waals surface area contributed by atoms with Crippen molar-refractivity contribution in [1.29, 1.82) is 0 Å². The summed E-state index contributed by atoms with van der Waals surface area (Å²) in [6, 6.07) is 6.69. The van der Waals surface area contributed by atoms with Gasteiger partial charge in [-0.3, -0.25) is 9.59 Å². The van der Waals surface area contributed by atoms with Crippen molar-refractivity contribution >= 4 is 17.5 Å². The van der Waals surface area contributed by atoms with Crippen molar-refractivity contribution in [3.8, 4) is 0 Å². The smallest absolute Gasteiger partial charge is 0.251 e. The molecule has 5 heteroatoms. The molecule has 0 aromatic heterocycles. The van der Waals surface area contributed by atoms with E-state index in [4.69, 9.17) is 5.11 Å². The van der Waals surface area contributed by atoms with Gasteiger partial charge in [-0.05, 0) is 18.2 Å². The van der Waals surface area contributed by atoms with Gasteiger partial charge in [-0.2, -0.15) is 0 Å². The van der Waals surface area contributed by atoms with Crippen molar-refractivity contribution in [2.45, 2.75) is 20.8 Å². The molecule has 1 aromatic carbocycles. The van der Waals surface area contributed by atoms with Crippen molar-refractivity contribution in [2.75, 3.05) is 18.5 Å². The monoisotopic (exact) mass is 264 g/mol. The van der Waals surface area contributed by atoms with Gasteiger partial charge in [0.25, 0.3) is 5.91 Å². The number of benzene rings is 1. The molecule has 0 bridgehead atoms. The van der Waals surface area contributed by atoms with E-state index in [1.165, 1.54) is 0 Å². The summed E-state index contributed by atoms with van der Waals surface area (Å²) in [6.45, 7) is 5.56. The average Bonchev–Trinajstić information content (AvgIpc) is 2.35. The first kappa shape index (κ1) is 15.2. The van der Waals surface area contributed by atoms with Crippen LogP contribution in [0.5, 0.6) is 0 Å². The zero-order valence-electron chi connectivity index (χ0n) is 11.5. The van der Waals surface area contributed by atoms with Crippen molar-refractivity contribution in [1.82, 2.24) is 5.32 Å². The summed E-state index contributed by atoms with van der Waals surface area (Å²) in [5.74, 6) is -0.388. The predicted octanol–water partition coefficient (Wildman–Crippen LogP) is 1.39. The van der Waals surface area contributed by atoms with Crippen molar-refractivity contribution in [3.63, 3.8) is 0 Å². The topological polar surface area (TPSA) is 78.4 Å². The SMILES string of the molecule is CC(C)(C)C(=O)Nc1cccc(C(=O)NCCO)c1. The average molecular weight is 264 g/mol. The second kappa shape index (κ2) is 6.33. The van der Waals surface area contributed by atoms with E-state index in [0.29, 0.717) is 11.3 Å². The number of aliphatic hydroxyl groups is 1. The summed E-state index contributed by atoms with van der Waals surface area (Å²) in [4.78, 5) is 23.5. The third kappa shape index (κ3) is 4.71. The first-order chi connectivity index (χ1) is 8.84. The maximum atomic E-state index is 11.8. The lowest BCUT2D eigenvalue weighted by atomic mass is 9.95. The molecule has 0 aliphatic carbocycles. The lowest BCUT2D eigenvalue weighted by Gasteiger charge is -2.17. The van der Waals surface area contributed by atoms with Crippen LogP contribution in [0.1, 0.15) is 31.1 Å². The van der Waals surface area contributed by atoms with E-state index < -0.39 is 5.41 Å². The number of anilines is 1. The van der Waals surface area contributed by atoms with Gasteiger partial charge in [-0.15, -0.1) is 0 Å². The van der Waals surface area contributed by atoms with Gasteiger partial charge in [-0.25, -0.2) is 0 Å². The fraction of sp³-hybridized carbons (Fsp3) is 0.429. The Labute approximate surface area is 113 Å². The van der Waals surface area contributed by atoms with E-state index in [2.05, 4.69) is 10.6 Å². The van der Waals surface area contributed by atoms with Crippen LogP contribution < -0.4 is 10.6 Å². The Bertz CT molecular complexity index is 464. The molecule has 0 heterocycles. The quantitative estimate of drug-likeness (QED) is 0.769. The molecular weight excluding hydrogens is 244 g/mol. The lowest BCUT2D eigenvalue weighted by Crippen LogP contribution is -2.28. The molecule has 0 saturated carbocycles. The van der Waals surface area contributed by atoms with Gasteiger partial charge in [0.05, 0.1) is 6.61 Å². The second-order valence-electron chi connectivity index (χ2n) is 5.26. The van der Waals surface area contributed by atoms with E-state index in [1.54, 1.807) is 24.3 Å². The summed E-state index contributed by atoms with van der Waals surface area (Å²) in [5.41, 5.74) is 0.534. The molecule has 3 N–H and O–H groups in total. The molecule has 2 amide bonds. The van der Waals surface area contributed by atoms with E-state index in [9.17, 15) is 9.59 Å². The summed E-state index contributed by atoms with van der Waals surface area (Å²) >= 11 is 0.